The maximum absolute atomic E-state index is 9.21. The van der Waals surface area contributed by atoms with E-state index >= 15 is 0 Å². The van der Waals surface area contributed by atoms with Gasteiger partial charge in [-0.1, -0.05) is 0 Å². The van der Waals surface area contributed by atoms with Crippen molar-refractivity contribution in [1.82, 2.24) is 14.9 Å². The molecule has 16 heavy (non-hydrogen) atoms. The van der Waals surface area contributed by atoms with Gasteiger partial charge in [0.2, 0.25) is 0 Å². The summed E-state index contributed by atoms with van der Waals surface area (Å²) in [6.45, 7) is 2.83. The Labute approximate surface area is 94.1 Å². The molecule has 1 aromatic rings. The molecule has 1 aliphatic rings. The molecule has 0 spiro atoms. The van der Waals surface area contributed by atoms with Crippen LogP contribution in [0.4, 0.5) is 5.82 Å². The number of nitrogen functional groups attached to an aromatic ring is 1. The van der Waals surface area contributed by atoms with Gasteiger partial charge in [-0.15, -0.1) is 0 Å². The van der Waals surface area contributed by atoms with Crippen LogP contribution in [0, 0.1) is 0 Å². The molecule has 0 radical (unpaired) electrons. The van der Waals surface area contributed by atoms with Crippen molar-refractivity contribution in [3.63, 3.8) is 0 Å². The third-order valence-corrected chi connectivity index (χ3v) is 2.65. The smallest absolute Gasteiger partial charge is 0.141 e. The molecule has 1 unspecified atom stereocenters. The van der Waals surface area contributed by atoms with E-state index in [2.05, 4.69) is 14.9 Å². The number of nitrogens with two attached hydrogens (primary N) is 1. The van der Waals surface area contributed by atoms with Crippen LogP contribution in [-0.2, 0) is 11.3 Å². The van der Waals surface area contributed by atoms with E-state index in [-0.39, 0.29) is 12.6 Å². The predicted octanol–water partition coefficient (Wildman–Crippen LogP) is -0.748. The van der Waals surface area contributed by atoms with E-state index in [1.807, 2.05) is 0 Å². The lowest BCUT2D eigenvalue weighted by Gasteiger charge is -2.33. The van der Waals surface area contributed by atoms with E-state index < -0.39 is 0 Å². The molecule has 2 heterocycles. The fourth-order valence-electron chi connectivity index (χ4n) is 1.72. The summed E-state index contributed by atoms with van der Waals surface area (Å²) < 4.78 is 5.30. The summed E-state index contributed by atoms with van der Waals surface area (Å²) in [5.74, 6) is 0.421. The van der Waals surface area contributed by atoms with Gasteiger partial charge in [0.15, 0.2) is 0 Å². The summed E-state index contributed by atoms with van der Waals surface area (Å²) in [7, 11) is 0. The first-order valence-electron chi connectivity index (χ1n) is 5.28. The molecule has 2 rings (SSSR count). The minimum atomic E-state index is 0.0492. The van der Waals surface area contributed by atoms with Crippen molar-refractivity contribution in [3.05, 3.63) is 18.1 Å². The Morgan fingerprint density at radius 1 is 1.50 bits per heavy atom. The van der Waals surface area contributed by atoms with E-state index in [1.165, 1.54) is 0 Å². The fraction of sp³-hybridized carbons (Fsp3) is 0.600. The Hall–Kier alpha value is -1.24. The summed E-state index contributed by atoms with van der Waals surface area (Å²) in [4.78, 5) is 10.3. The number of aromatic nitrogens is 2. The second-order valence-electron chi connectivity index (χ2n) is 3.81. The summed E-state index contributed by atoms with van der Waals surface area (Å²) in [5.41, 5.74) is 6.32. The number of aliphatic hydroxyl groups is 1. The first-order valence-corrected chi connectivity index (χ1v) is 5.28. The lowest BCUT2D eigenvalue weighted by atomic mass is 10.2. The highest BCUT2D eigenvalue weighted by Gasteiger charge is 2.22. The number of hydrogen-bond donors (Lipinski definition) is 2. The molecule has 0 amide bonds. The second-order valence-corrected chi connectivity index (χ2v) is 3.81. The minimum Gasteiger partial charge on any atom is -0.395 e. The molecule has 6 nitrogen and oxygen atoms in total. The third-order valence-electron chi connectivity index (χ3n) is 2.65. The number of rotatable bonds is 3. The third kappa shape index (κ3) is 2.66. The highest BCUT2D eigenvalue weighted by Crippen LogP contribution is 2.10. The van der Waals surface area contributed by atoms with Gasteiger partial charge >= 0.3 is 0 Å². The molecule has 0 saturated carbocycles. The lowest BCUT2D eigenvalue weighted by molar-refractivity contribution is -0.0317. The zero-order valence-corrected chi connectivity index (χ0v) is 9.04. The van der Waals surface area contributed by atoms with Gasteiger partial charge in [-0.3, -0.25) is 9.88 Å². The molecular weight excluding hydrogens is 208 g/mol. The van der Waals surface area contributed by atoms with E-state index in [9.17, 15) is 5.11 Å². The first-order chi connectivity index (χ1) is 7.79. The Balaban J connectivity index is 1.99. The van der Waals surface area contributed by atoms with Crippen LogP contribution in [0.5, 0.6) is 0 Å². The number of morpholine rings is 1. The molecule has 3 N–H and O–H groups in total. The Kier molecular flexibility index (Phi) is 3.66. The number of anilines is 1. The van der Waals surface area contributed by atoms with Gasteiger partial charge in [0, 0.05) is 13.1 Å². The van der Waals surface area contributed by atoms with Crippen molar-refractivity contribution in [2.24, 2.45) is 0 Å². The van der Waals surface area contributed by atoms with Crippen LogP contribution in [0.2, 0.25) is 0 Å². The fourth-order valence-corrected chi connectivity index (χ4v) is 1.72. The average molecular weight is 224 g/mol. The highest BCUT2D eigenvalue weighted by molar-refractivity contribution is 5.22. The molecule has 0 bridgehead atoms. The Morgan fingerprint density at radius 2 is 2.38 bits per heavy atom. The standard InChI is InChI=1S/C10H16N4O2/c11-10-4-12-8(3-13-10)5-14-1-2-16-7-9(14)6-15/h3-4,9,15H,1-2,5-7H2,(H2,11,13). The van der Waals surface area contributed by atoms with Crippen LogP contribution in [0.3, 0.4) is 0 Å². The van der Waals surface area contributed by atoms with Crippen molar-refractivity contribution in [3.8, 4) is 0 Å². The molecule has 1 fully saturated rings. The van der Waals surface area contributed by atoms with E-state index in [1.54, 1.807) is 12.4 Å². The van der Waals surface area contributed by atoms with Gasteiger partial charge in [-0.25, -0.2) is 4.98 Å². The highest BCUT2D eigenvalue weighted by atomic mass is 16.5. The van der Waals surface area contributed by atoms with Gasteiger partial charge in [0.25, 0.3) is 0 Å². The Bertz CT molecular complexity index is 330. The SMILES string of the molecule is Nc1cnc(CN2CCOCC2CO)cn1. The summed E-state index contributed by atoms with van der Waals surface area (Å²) in [6.07, 6.45) is 3.21. The van der Waals surface area contributed by atoms with Crippen LogP contribution < -0.4 is 5.73 Å². The topological polar surface area (TPSA) is 84.5 Å². The van der Waals surface area contributed by atoms with Gasteiger partial charge in [-0.2, -0.15) is 0 Å². The molecule has 0 aromatic carbocycles. The molecular formula is C10H16N4O2. The Morgan fingerprint density at radius 3 is 3.06 bits per heavy atom. The van der Waals surface area contributed by atoms with E-state index in [0.29, 0.717) is 25.6 Å². The summed E-state index contributed by atoms with van der Waals surface area (Å²) in [6, 6.07) is 0.0492. The predicted molar refractivity (Wildman–Crippen MR) is 58.5 cm³/mol. The van der Waals surface area contributed by atoms with Crippen molar-refractivity contribution in [2.75, 3.05) is 32.1 Å². The average Bonchev–Trinajstić information content (AvgIpc) is 2.33. The van der Waals surface area contributed by atoms with Crippen molar-refractivity contribution in [1.29, 1.82) is 0 Å². The van der Waals surface area contributed by atoms with E-state index in [4.69, 9.17) is 10.5 Å². The van der Waals surface area contributed by atoms with Gasteiger partial charge < -0.3 is 15.6 Å². The largest absolute Gasteiger partial charge is 0.395 e. The van der Waals surface area contributed by atoms with Crippen molar-refractivity contribution in [2.45, 2.75) is 12.6 Å². The van der Waals surface area contributed by atoms with Crippen LogP contribution >= 0.6 is 0 Å². The minimum absolute atomic E-state index is 0.0492. The first kappa shape index (κ1) is 11.3. The van der Waals surface area contributed by atoms with Gasteiger partial charge in [0.1, 0.15) is 5.82 Å². The van der Waals surface area contributed by atoms with Gasteiger partial charge in [0.05, 0.1) is 44.0 Å². The zero-order chi connectivity index (χ0) is 11.4. The number of nitrogens with zero attached hydrogens (tertiary/aromatic N) is 3. The van der Waals surface area contributed by atoms with Crippen LogP contribution in [0.15, 0.2) is 12.4 Å². The van der Waals surface area contributed by atoms with Crippen LogP contribution in [0.25, 0.3) is 0 Å². The van der Waals surface area contributed by atoms with E-state index in [0.717, 1.165) is 12.2 Å². The molecule has 1 atom stereocenters. The number of hydrogen-bond acceptors (Lipinski definition) is 6. The summed E-state index contributed by atoms with van der Waals surface area (Å²) >= 11 is 0. The monoisotopic (exact) mass is 224 g/mol. The second kappa shape index (κ2) is 5.20. The van der Waals surface area contributed by atoms with Crippen molar-refractivity contribution < 1.29 is 9.84 Å². The summed E-state index contributed by atoms with van der Waals surface area (Å²) in [5, 5.41) is 9.21. The maximum atomic E-state index is 9.21. The molecule has 6 heteroatoms. The zero-order valence-electron chi connectivity index (χ0n) is 9.04. The normalized spacial score (nSPS) is 22.2. The van der Waals surface area contributed by atoms with Gasteiger partial charge in [-0.05, 0) is 0 Å². The maximum Gasteiger partial charge on any atom is 0.141 e. The lowest BCUT2D eigenvalue weighted by Crippen LogP contribution is -2.46. The molecule has 1 aliphatic heterocycles. The molecule has 1 saturated heterocycles. The number of aliphatic hydroxyl groups excluding tert-OH is 1. The molecule has 1 aromatic heterocycles. The van der Waals surface area contributed by atoms with Crippen LogP contribution in [0.1, 0.15) is 5.69 Å². The van der Waals surface area contributed by atoms with Crippen LogP contribution in [-0.4, -0.2) is 52.4 Å². The molecule has 88 valence electrons. The number of ether oxygens (including phenoxy) is 1. The van der Waals surface area contributed by atoms with Crippen molar-refractivity contribution >= 4 is 5.82 Å². The molecule has 0 aliphatic carbocycles. The quantitative estimate of drug-likeness (QED) is 0.703.